The molecule has 7 heteroatoms. The van der Waals surface area contributed by atoms with E-state index in [9.17, 15) is 14.9 Å². The monoisotopic (exact) mass is 315 g/mol. The summed E-state index contributed by atoms with van der Waals surface area (Å²) in [4.78, 5) is 26.5. The average Bonchev–Trinajstić information content (AvgIpc) is 2.52. The van der Waals surface area contributed by atoms with Gasteiger partial charge >= 0.3 is 5.97 Å². The van der Waals surface area contributed by atoms with E-state index in [0.29, 0.717) is 23.5 Å². The molecule has 0 atom stereocenters. The van der Waals surface area contributed by atoms with E-state index in [0.717, 1.165) is 0 Å². The van der Waals surface area contributed by atoms with Gasteiger partial charge in [-0.2, -0.15) is 0 Å². The molecule has 0 spiro atoms. The zero-order valence-corrected chi connectivity index (χ0v) is 12.9. The van der Waals surface area contributed by atoms with Crippen molar-refractivity contribution in [3.05, 3.63) is 63.8 Å². The Morgan fingerprint density at radius 2 is 2.13 bits per heavy atom. The number of nitrogens with zero attached hydrogens (tertiary/aromatic N) is 2. The number of pyridine rings is 1. The minimum absolute atomic E-state index is 0.0183. The number of hydrogen-bond acceptors (Lipinski definition) is 6. The van der Waals surface area contributed by atoms with Gasteiger partial charge in [-0.15, -0.1) is 0 Å². The fourth-order valence-corrected chi connectivity index (χ4v) is 1.95. The van der Waals surface area contributed by atoms with Crippen molar-refractivity contribution in [3.63, 3.8) is 0 Å². The molecule has 2 aromatic rings. The summed E-state index contributed by atoms with van der Waals surface area (Å²) >= 11 is 0. The number of non-ortho nitro benzene ring substituents is 1. The third-order valence-electron chi connectivity index (χ3n) is 2.95. The third-order valence-corrected chi connectivity index (χ3v) is 2.95. The highest BCUT2D eigenvalue weighted by molar-refractivity contribution is 5.94. The molecule has 23 heavy (non-hydrogen) atoms. The highest BCUT2D eigenvalue weighted by Gasteiger charge is 2.15. The van der Waals surface area contributed by atoms with Crippen LogP contribution >= 0.6 is 0 Å². The second kappa shape index (κ2) is 7.35. The third kappa shape index (κ3) is 4.50. The van der Waals surface area contributed by atoms with Crippen molar-refractivity contribution in [1.82, 2.24) is 4.98 Å². The number of rotatable bonds is 6. The van der Waals surface area contributed by atoms with Gasteiger partial charge in [-0.3, -0.25) is 10.1 Å². The van der Waals surface area contributed by atoms with Crippen LogP contribution in [-0.2, 0) is 11.3 Å². The normalized spacial score (nSPS) is 10.4. The van der Waals surface area contributed by atoms with E-state index in [1.807, 2.05) is 0 Å². The fraction of sp³-hybridized carbons (Fsp3) is 0.250. The first-order valence-electron chi connectivity index (χ1n) is 7.10. The predicted molar refractivity (Wildman–Crippen MR) is 85.2 cm³/mol. The Hall–Kier alpha value is -2.96. The van der Waals surface area contributed by atoms with Crippen molar-refractivity contribution < 1.29 is 14.5 Å². The SMILES string of the molecule is CC(C)OC(=O)c1cccnc1NCc1cccc([N+](=O)[O-])c1. The number of aromatic nitrogens is 1. The summed E-state index contributed by atoms with van der Waals surface area (Å²) in [5, 5.41) is 13.8. The molecule has 0 fully saturated rings. The van der Waals surface area contributed by atoms with Crippen molar-refractivity contribution in [2.45, 2.75) is 26.5 Å². The van der Waals surface area contributed by atoms with Crippen molar-refractivity contribution in [2.24, 2.45) is 0 Å². The molecule has 0 unspecified atom stereocenters. The standard InChI is InChI=1S/C16H17N3O4/c1-11(2)23-16(20)14-7-4-8-17-15(14)18-10-12-5-3-6-13(9-12)19(21)22/h3-9,11H,10H2,1-2H3,(H,17,18). The molecule has 1 aromatic heterocycles. The lowest BCUT2D eigenvalue weighted by molar-refractivity contribution is -0.384. The highest BCUT2D eigenvalue weighted by Crippen LogP contribution is 2.17. The summed E-state index contributed by atoms with van der Waals surface area (Å²) in [6.07, 6.45) is 1.33. The Balaban J connectivity index is 2.13. The minimum atomic E-state index is -0.463. The lowest BCUT2D eigenvalue weighted by Gasteiger charge is -2.12. The van der Waals surface area contributed by atoms with Crippen molar-refractivity contribution in [3.8, 4) is 0 Å². The molecule has 0 aliphatic carbocycles. The van der Waals surface area contributed by atoms with Crippen LogP contribution in [0.4, 0.5) is 11.5 Å². The van der Waals surface area contributed by atoms with Gasteiger partial charge in [-0.05, 0) is 31.5 Å². The zero-order chi connectivity index (χ0) is 16.8. The van der Waals surface area contributed by atoms with Crippen LogP contribution in [0.25, 0.3) is 0 Å². The molecule has 0 aliphatic heterocycles. The van der Waals surface area contributed by atoms with E-state index in [-0.39, 0.29) is 11.8 Å². The van der Waals surface area contributed by atoms with Crippen LogP contribution in [0.15, 0.2) is 42.6 Å². The van der Waals surface area contributed by atoms with E-state index >= 15 is 0 Å². The van der Waals surface area contributed by atoms with Crippen LogP contribution in [0.5, 0.6) is 0 Å². The second-order valence-corrected chi connectivity index (χ2v) is 5.13. The van der Waals surface area contributed by atoms with E-state index in [4.69, 9.17) is 4.74 Å². The van der Waals surface area contributed by atoms with E-state index < -0.39 is 10.9 Å². The highest BCUT2D eigenvalue weighted by atomic mass is 16.6. The Morgan fingerprint density at radius 1 is 1.35 bits per heavy atom. The van der Waals surface area contributed by atoms with Crippen LogP contribution in [0, 0.1) is 10.1 Å². The van der Waals surface area contributed by atoms with Gasteiger partial charge in [0.2, 0.25) is 0 Å². The molecule has 0 bridgehead atoms. The number of benzene rings is 1. The smallest absolute Gasteiger partial charge is 0.342 e. The first kappa shape index (κ1) is 16.4. The number of hydrogen-bond donors (Lipinski definition) is 1. The van der Waals surface area contributed by atoms with E-state index in [2.05, 4.69) is 10.3 Å². The van der Waals surface area contributed by atoms with Gasteiger partial charge < -0.3 is 10.1 Å². The number of carbonyl (C=O) groups is 1. The number of nitro benzene ring substituents is 1. The van der Waals surface area contributed by atoms with Crippen LogP contribution < -0.4 is 5.32 Å². The summed E-state index contributed by atoms with van der Waals surface area (Å²) in [5.41, 5.74) is 1.06. The van der Waals surface area contributed by atoms with Gasteiger partial charge in [0.25, 0.3) is 5.69 Å². The predicted octanol–water partition coefficient (Wildman–Crippen LogP) is 3.17. The first-order valence-corrected chi connectivity index (χ1v) is 7.10. The Labute approximate surface area is 133 Å². The topological polar surface area (TPSA) is 94.4 Å². The van der Waals surface area contributed by atoms with Crippen molar-refractivity contribution >= 4 is 17.5 Å². The van der Waals surface area contributed by atoms with Gasteiger partial charge in [0, 0.05) is 24.9 Å². The first-order chi connectivity index (χ1) is 11.0. The number of nitro groups is 1. The van der Waals surface area contributed by atoms with Crippen LogP contribution in [0.2, 0.25) is 0 Å². The maximum Gasteiger partial charge on any atom is 0.342 e. The Kier molecular flexibility index (Phi) is 5.24. The fourth-order valence-electron chi connectivity index (χ4n) is 1.95. The van der Waals surface area contributed by atoms with Gasteiger partial charge in [-0.25, -0.2) is 9.78 Å². The average molecular weight is 315 g/mol. The summed E-state index contributed by atoms with van der Waals surface area (Å²) < 4.78 is 5.17. The summed E-state index contributed by atoms with van der Waals surface area (Å²) in [6, 6.07) is 9.54. The lowest BCUT2D eigenvalue weighted by atomic mass is 10.2. The van der Waals surface area contributed by atoms with E-state index in [1.165, 1.54) is 12.1 Å². The lowest BCUT2D eigenvalue weighted by Crippen LogP contribution is -2.15. The summed E-state index contributed by atoms with van der Waals surface area (Å²) in [7, 11) is 0. The largest absolute Gasteiger partial charge is 0.459 e. The van der Waals surface area contributed by atoms with Gasteiger partial charge in [0.05, 0.1) is 11.0 Å². The quantitative estimate of drug-likeness (QED) is 0.500. The zero-order valence-electron chi connectivity index (χ0n) is 12.9. The molecule has 0 saturated carbocycles. The molecule has 120 valence electrons. The number of esters is 1. The molecular weight excluding hydrogens is 298 g/mol. The summed E-state index contributed by atoms with van der Waals surface area (Å²) in [6.45, 7) is 3.84. The molecule has 0 saturated heterocycles. The summed E-state index contributed by atoms with van der Waals surface area (Å²) in [5.74, 6) is -0.0840. The van der Waals surface area contributed by atoms with Crippen LogP contribution in [0.1, 0.15) is 29.8 Å². The molecule has 0 aliphatic rings. The maximum atomic E-state index is 12.0. The van der Waals surface area contributed by atoms with Gasteiger partial charge in [0.15, 0.2) is 0 Å². The number of anilines is 1. The Morgan fingerprint density at radius 3 is 2.83 bits per heavy atom. The van der Waals surface area contributed by atoms with Crippen LogP contribution in [0.3, 0.4) is 0 Å². The Bertz CT molecular complexity index is 716. The molecule has 1 aromatic carbocycles. The van der Waals surface area contributed by atoms with E-state index in [1.54, 1.807) is 44.3 Å². The minimum Gasteiger partial charge on any atom is -0.459 e. The number of nitrogens with one attached hydrogen (secondary N) is 1. The molecule has 1 N–H and O–H groups in total. The van der Waals surface area contributed by atoms with Gasteiger partial charge in [0.1, 0.15) is 11.4 Å². The number of carbonyl (C=O) groups excluding carboxylic acids is 1. The maximum absolute atomic E-state index is 12.0. The van der Waals surface area contributed by atoms with Gasteiger partial charge in [-0.1, -0.05) is 12.1 Å². The van der Waals surface area contributed by atoms with Crippen molar-refractivity contribution in [2.75, 3.05) is 5.32 Å². The molecule has 2 rings (SSSR count). The van der Waals surface area contributed by atoms with Crippen molar-refractivity contribution in [1.29, 1.82) is 0 Å². The second-order valence-electron chi connectivity index (χ2n) is 5.13. The molecule has 1 heterocycles. The molecule has 0 amide bonds. The van der Waals surface area contributed by atoms with Crippen LogP contribution in [-0.4, -0.2) is 22.0 Å². The molecule has 0 radical (unpaired) electrons. The number of ether oxygens (including phenoxy) is 1. The molecule has 7 nitrogen and oxygen atoms in total. The molecular formula is C16H17N3O4.